The third kappa shape index (κ3) is 5.07. The SMILES string of the molecule is Fc1ccc(-c2nc(-c3cccc4c3sc3cccc(-c5nc(-c6ccccc6)nc(-c6ccccc6)n5)c34)nc3c2sc2ccccc23)cc1. The third-order valence-corrected chi connectivity index (χ3v) is 11.4. The summed E-state index contributed by atoms with van der Waals surface area (Å²) in [6.07, 6.45) is 0. The average Bonchev–Trinajstić information content (AvgIpc) is 3.77. The van der Waals surface area contributed by atoms with Gasteiger partial charge < -0.3 is 0 Å². The van der Waals surface area contributed by atoms with Crippen LogP contribution in [0.3, 0.4) is 0 Å². The van der Waals surface area contributed by atoms with E-state index in [1.807, 2.05) is 72.8 Å². The molecule has 0 radical (unpaired) electrons. The summed E-state index contributed by atoms with van der Waals surface area (Å²) in [4.78, 5) is 25.5. The quantitative estimate of drug-likeness (QED) is 0.180. The van der Waals surface area contributed by atoms with E-state index in [4.69, 9.17) is 24.9 Å². The molecule has 4 aromatic heterocycles. The minimum atomic E-state index is -0.281. The first-order chi connectivity index (χ1) is 25.2. The molecular formula is C43H24FN5S2. The van der Waals surface area contributed by atoms with E-state index < -0.39 is 0 Å². The van der Waals surface area contributed by atoms with Gasteiger partial charge in [-0.3, -0.25) is 0 Å². The van der Waals surface area contributed by atoms with Crippen LogP contribution in [0.2, 0.25) is 0 Å². The highest BCUT2D eigenvalue weighted by Crippen LogP contribution is 2.45. The number of aromatic nitrogens is 5. The Morgan fingerprint density at radius 2 is 0.961 bits per heavy atom. The Bertz CT molecular complexity index is 2860. The van der Waals surface area contributed by atoms with Crippen molar-refractivity contribution in [2.45, 2.75) is 0 Å². The maximum Gasteiger partial charge on any atom is 0.164 e. The van der Waals surface area contributed by atoms with E-state index in [2.05, 4.69) is 48.5 Å². The predicted octanol–water partition coefficient (Wildman–Crippen LogP) is 11.9. The molecule has 51 heavy (non-hydrogen) atoms. The topological polar surface area (TPSA) is 64.5 Å². The first-order valence-electron chi connectivity index (χ1n) is 16.4. The maximum absolute atomic E-state index is 14.0. The number of hydrogen-bond donors (Lipinski definition) is 0. The van der Waals surface area contributed by atoms with Crippen molar-refractivity contribution in [2.24, 2.45) is 0 Å². The summed E-state index contributed by atoms with van der Waals surface area (Å²) in [6, 6.07) is 47.5. The Balaban J connectivity index is 1.21. The van der Waals surface area contributed by atoms with Crippen LogP contribution in [0.5, 0.6) is 0 Å². The fourth-order valence-corrected chi connectivity index (χ4v) is 9.05. The van der Waals surface area contributed by atoms with Gasteiger partial charge in [0, 0.05) is 58.1 Å². The Kier molecular flexibility index (Phi) is 6.97. The van der Waals surface area contributed by atoms with Gasteiger partial charge in [-0.1, -0.05) is 103 Å². The molecule has 0 N–H and O–H groups in total. The third-order valence-electron chi connectivity index (χ3n) is 9.04. The molecule has 240 valence electrons. The van der Waals surface area contributed by atoms with Crippen LogP contribution in [0.25, 0.3) is 97.3 Å². The Hall–Kier alpha value is -6.22. The molecule has 0 saturated carbocycles. The zero-order chi connectivity index (χ0) is 33.9. The lowest BCUT2D eigenvalue weighted by Crippen LogP contribution is -2.00. The van der Waals surface area contributed by atoms with Crippen LogP contribution < -0.4 is 0 Å². The zero-order valence-corrected chi connectivity index (χ0v) is 28.4. The van der Waals surface area contributed by atoms with E-state index in [1.165, 1.54) is 12.1 Å². The lowest BCUT2D eigenvalue weighted by molar-refractivity contribution is 0.628. The van der Waals surface area contributed by atoms with Gasteiger partial charge in [0.05, 0.1) is 15.9 Å². The molecule has 4 heterocycles. The molecule has 0 saturated heterocycles. The lowest BCUT2D eigenvalue weighted by atomic mass is 10.0. The summed E-state index contributed by atoms with van der Waals surface area (Å²) >= 11 is 3.37. The first-order valence-corrected chi connectivity index (χ1v) is 18.1. The normalized spacial score (nSPS) is 11.6. The predicted molar refractivity (Wildman–Crippen MR) is 208 cm³/mol. The number of halogens is 1. The van der Waals surface area contributed by atoms with Crippen molar-refractivity contribution < 1.29 is 4.39 Å². The van der Waals surface area contributed by atoms with Crippen molar-refractivity contribution in [1.29, 1.82) is 0 Å². The molecule has 0 bridgehead atoms. The molecule has 8 heteroatoms. The van der Waals surface area contributed by atoms with E-state index in [0.717, 1.165) is 74.0 Å². The van der Waals surface area contributed by atoms with Gasteiger partial charge in [-0.05, 0) is 42.5 Å². The molecule has 0 atom stereocenters. The van der Waals surface area contributed by atoms with Crippen LogP contribution in [0.4, 0.5) is 4.39 Å². The van der Waals surface area contributed by atoms with Crippen molar-refractivity contribution in [3.8, 4) is 56.8 Å². The molecule has 5 nitrogen and oxygen atoms in total. The largest absolute Gasteiger partial charge is 0.226 e. The maximum atomic E-state index is 14.0. The molecule has 0 aliphatic heterocycles. The monoisotopic (exact) mass is 693 g/mol. The highest BCUT2D eigenvalue weighted by molar-refractivity contribution is 7.26. The van der Waals surface area contributed by atoms with E-state index in [0.29, 0.717) is 23.3 Å². The molecular weight excluding hydrogens is 670 g/mol. The molecule has 6 aromatic carbocycles. The van der Waals surface area contributed by atoms with E-state index in [1.54, 1.807) is 34.8 Å². The minimum absolute atomic E-state index is 0.281. The number of benzene rings is 6. The lowest BCUT2D eigenvalue weighted by Gasteiger charge is -2.10. The second-order valence-corrected chi connectivity index (χ2v) is 14.3. The van der Waals surface area contributed by atoms with Crippen molar-refractivity contribution in [1.82, 2.24) is 24.9 Å². The summed E-state index contributed by atoms with van der Waals surface area (Å²) in [7, 11) is 0. The van der Waals surface area contributed by atoms with E-state index >= 15 is 0 Å². The van der Waals surface area contributed by atoms with Crippen molar-refractivity contribution >= 4 is 63.1 Å². The molecule has 0 aliphatic rings. The number of nitrogens with zero attached hydrogens (tertiary/aromatic N) is 5. The number of hydrogen-bond acceptors (Lipinski definition) is 7. The van der Waals surface area contributed by atoms with Crippen molar-refractivity contribution in [3.05, 3.63) is 151 Å². The molecule has 0 fully saturated rings. The molecule has 0 amide bonds. The van der Waals surface area contributed by atoms with Gasteiger partial charge in [-0.15, -0.1) is 22.7 Å². The fraction of sp³-hybridized carbons (Fsp3) is 0. The van der Waals surface area contributed by atoms with Gasteiger partial charge in [-0.2, -0.15) is 0 Å². The standard InChI is InChI=1S/C43H24FN5S2/c44-28-23-21-25(22-24-28)36-39-37(29-15-7-8-19-33(29)50-39)46-43(45-36)32-18-9-16-30-35-31(17-10-20-34(35)51-38(30)32)42-48-40(26-11-3-1-4-12-26)47-41(49-42)27-13-5-2-6-14-27/h1-24H. The number of thiophene rings is 2. The van der Waals surface area contributed by atoms with E-state index in [9.17, 15) is 4.39 Å². The zero-order valence-electron chi connectivity index (χ0n) is 26.8. The fourth-order valence-electron chi connectivity index (χ4n) is 6.65. The Labute approximate surface area is 299 Å². The number of fused-ring (bicyclic) bond motifs is 6. The molecule has 0 spiro atoms. The van der Waals surface area contributed by atoms with Crippen LogP contribution in [0, 0.1) is 5.82 Å². The van der Waals surface area contributed by atoms with Gasteiger partial charge in [0.15, 0.2) is 23.3 Å². The van der Waals surface area contributed by atoms with Gasteiger partial charge in [0.25, 0.3) is 0 Å². The van der Waals surface area contributed by atoms with Crippen molar-refractivity contribution in [2.75, 3.05) is 0 Å². The summed E-state index contributed by atoms with van der Waals surface area (Å²) in [5, 5.41) is 3.23. The van der Waals surface area contributed by atoms with Crippen LogP contribution in [-0.2, 0) is 0 Å². The summed E-state index contributed by atoms with van der Waals surface area (Å²) in [6.45, 7) is 0. The van der Waals surface area contributed by atoms with Crippen LogP contribution in [0.1, 0.15) is 0 Å². The van der Waals surface area contributed by atoms with Crippen LogP contribution in [-0.4, -0.2) is 24.9 Å². The highest BCUT2D eigenvalue weighted by atomic mass is 32.1. The van der Waals surface area contributed by atoms with E-state index in [-0.39, 0.29) is 5.82 Å². The Morgan fingerprint density at radius 1 is 0.392 bits per heavy atom. The average molecular weight is 694 g/mol. The van der Waals surface area contributed by atoms with Crippen molar-refractivity contribution in [3.63, 3.8) is 0 Å². The van der Waals surface area contributed by atoms with Gasteiger partial charge in [0.1, 0.15) is 5.82 Å². The van der Waals surface area contributed by atoms with Gasteiger partial charge in [-0.25, -0.2) is 29.3 Å². The number of rotatable bonds is 5. The Morgan fingerprint density at radius 3 is 1.71 bits per heavy atom. The summed E-state index contributed by atoms with van der Waals surface area (Å²) in [5.74, 6) is 2.20. The molecule has 0 aliphatic carbocycles. The molecule has 10 aromatic rings. The second kappa shape index (κ2) is 12.0. The first kappa shape index (κ1) is 29.7. The second-order valence-electron chi connectivity index (χ2n) is 12.2. The minimum Gasteiger partial charge on any atom is -0.226 e. The van der Waals surface area contributed by atoms with Gasteiger partial charge in [0.2, 0.25) is 0 Å². The smallest absolute Gasteiger partial charge is 0.164 e. The summed E-state index contributed by atoms with van der Waals surface area (Å²) < 4.78 is 18.3. The summed E-state index contributed by atoms with van der Waals surface area (Å²) in [5.41, 5.74) is 6.25. The van der Waals surface area contributed by atoms with Crippen LogP contribution >= 0.6 is 22.7 Å². The highest BCUT2D eigenvalue weighted by Gasteiger charge is 2.21. The van der Waals surface area contributed by atoms with Gasteiger partial charge >= 0.3 is 0 Å². The molecule has 10 rings (SSSR count). The molecule has 0 unspecified atom stereocenters. The van der Waals surface area contributed by atoms with Crippen LogP contribution in [0.15, 0.2) is 146 Å².